The van der Waals surface area contributed by atoms with Gasteiger partial charge in [0.25, 0.3) is 0 Å². The summed E-state index contributed by atoms with van der Waals surface area (Å²) in [7, 11) is 0. The number of esters is 1. The number of aryl methyl sites for hydroxylation is 1. The third kappa shape index (κ3) is 2.35. The number of carbonyl (C=O) groups excluding carboxylic acids is 1. The second kappa shape index (κ2) is 5.77. The number of ether oxygens (including phenoxy) is 1. The molecule has 1 aliphatic carbocycles. The van der Waals surface area contributed by atoms with Crippen LogP contribution in [0.4, 0.5) is 0 Å². The van der Waals surface area contributed by atoms with E-state index in [1.54, 1.807) is 0 Å². The van der Waals surface area contributed by atoms with Crippen molar-refractivity contribution in [3.8, 4) is 0 Å². The van der Waals surface area contributed by atoms with E-state index in [-0.39, 0.29) is 11.6 Å². The van der Waals surface area contributed by atoms with Crippen LogP contribution in [0.15, 0.2) is 24.3 Å². The number of halogens is 1. The Morgan fingerprint density at radius 1 is 1.30 bits per heavy atom. The van der Waals surface area contributed by atoms with Crippen molar-refractivity contribution in [1.82, 2.24) is 0 Å². The van der Waals surface area contributed by atoms with Gasteiger partial charge in [0, 0.05) is 11.8 Å². The van der Waals surface area contributed by atoms with Crippen LogP contribution in [-0.2, 0) is 21.6 Å². The minimum atomic E-state index is -0.349. The largest absolute Gasteiger partial charge is 0.454 e. The van der Waals surface area contributed by atoms with Crippen LogP contribution in [0, 0.1) is 5.92 Å². The molecule has 2 nitrogen and oxygen atoms in total. The highest BCUT2D eigenvalue weighted by Crippen LogP contribution is 2.51. The van der Waals surface area contributed by atoms with Crippen LogP contribution in [0.2, 0.25) is 0 Å². The van der Waals surface area contributed by atoms with Crippen molar-refractivity contribution in [2.24, 2.45) is 5.92 Å². The van der Waals surface area contributed by atoms with E-state index in [2.05, 4.69) is 24.3 Å². The molecule has 0 aromatic heterocycles. The van der Waals surface area contributed by atoms with E-state index < -0.39 is 0 Å². The molecule has 0 unspecified atom stereocenters. The zero-order valence-corrected chi connectivity index (χ0v) is 12.5. The van der Waals surface area contributed by atoms with E-state index in [4.69, 9.17) is 16.3 Å². The molecule has 20 heavy (non-hydrogen) atoms. The van der Waals surface area contributed by atoms with Gasteiger partial charge in [-0.3, -0.25) is 4.79 Å². The number of carbonyl (C=O) groups is 1. The van der Waals surface area contributed by atoms with Gasteiger partial charge >= 0.3 is 5.97 Å². The molecule has 108 valence electrons. The summed E-state index contributed by atoms with van der Waals surface area (Å²) < 4.78 is 5.89. The van der Waals surface area contributed by atoms with Gasteiger partial charge in [0.2, 0.25) is 0 Å². The maximum Gasteiger partial charge on any atom is 0.307 e. The highest BCUT2D eigenvalue weighted by Gasteiger charge is 2.51. The van der Waals surface area contributed by atoms with Crippen LogP contribution in [-0.4, -0.2) is 11.8 Å². The van der Waals surface area contributed by atoms with Crippen LogP contribution in [0.3, 0.4) is 0 Å². The van der Waals surface area contributed by atoms with Crippen molar-refractivity contribution in [2.75, 3.05) is 5.88 Å². The fourth-order valence-corrected chi connectivity index (χ4v) is 4.01. The molecule has 0 amide bonds. The molecule has 0 bridgehead atoms. The first-order valence-electron chi connectivity index (χ1n) is 7.62. The van der Waals surface area contributed by atoms with E-state index in [1.165, 1.54) is 17.5 Å². The lowest BCUT2D eigenvalue weighted by Crippen LogP contribution is -2.36. The average molecular weight is 293 g/mol. The Hall–Kier alpha value is -1.02. The summed E-state index contributed by atoms with van der Waals surface area (Å²) in [6.07, 6.45) is 6.96. The molecule has 3 heteroatoms. The van der Waals surface area contributed by atoms with Crippen molar-refractivity contribution in [2.45, 2.75) is 50.5 Å². The zero-order chi connectivity index (χ0) is 14.0. The highest BCUT2D eigenvalue weighted by molar-refractivity contribution is 6.17. The first-order valence-corrected chi connectivity index (χ1v) is 8.16. The number of hydrogen-bond donors (Lipinski definition) is 0. The third-order valence-corrected chi connectivity index (χ3v) is 5.04. The molecule has 1 aliphatic heterocycles. The second-order valence-corrected chi connectivity index (χ2v) is 6.34. The second-order valence-electron chi connectivity index (χ2n) is 5.96. The first-order chi connectivity index (χ1) is 9.76. The molecule has 0 spiro atoms. The van der Waals surface area contributed by atoms with Crippen LogP contribution < -0.4 is 0 Å². The minimum Gasteiger partial charge on any atom is -0.454 e. The van der Waals surface area contributed by atoms with Crippen molar-refractivity contribution in [3.63, 3.8) is 0 Å². The Kier molecular flexibility index (Phi) is 4.02. The Morgan fingerprint density at radius 2 is 2.15 bits per heavy atom. The van der Waals surface area contributed by atoms with Gasteiger partial charge < -0.3 is 4.74 Å². The van der Waals surface area contributed by atoms with Crippen molar-refractivity contribution >= 4 is 17.6 Å². The molecule has 1 aromatic rings. The van der Waals surface area contributed by atoms with Crippen LogP contribution in [0.1, 0.15) is 49.7 Å². The van der Waals surface area contributed by atoms with E-state index in [0.29, 0.717) is 18.2 Å². The SMILES string of the molecule is O=C1C[C@@H]2CCCC[C@]2(c2ccccc2CCCCl)O1. The Balaban J connectivity index is 1.99. The van der Waals surface area contributed by atoms with Gasteiger partial charge in [-0.25, -0.2) is 0 Å². The normalized spacial score (nSPS) is 29.1. The number of hydrogen-bond acceptors (Lipinski definition) is 2. The monoisotopic (exact) mass is 292 g/mol. The summed E-state index contributed by atoms with van der Waals surface area (Å²) in [6, 6.07) is 8.44. The summed E-state index contributed by atoms with van der Waals surface area (Å²) in [5.41, 5.74) is 2.19. The standard InChI is InChI=1S/C17H21ClO2/c18-11-5-7-13-6-1-2-9-15(13)17-10-4-3-8-14(17)12-16(19)20-17/h1-2,6,9,14H,3-5,7-8,10-12H2/t14-,17-/m0/s1. The fourth-order valence-electron chi connectivity index (χ4n) is 3.88. The van der Waals surface area contributed by atoms with E-state index in [1.807, 2.05) is 0 Å². The van der Waals surface area contributed by atoms with E-state index in [9.17, 15) is 4.79 Å². The molecule has 2 atom stereocenters. The summed E-state index contributed by atoms with van der Waals surface area (Å²) in [4.78, 5) is 11.9. The van der Waals surface area contributed by atoms with Gasteiger partial charge in [-0.05, 0) is 43.2 Å². The fraction of sp³-hybridized carbons (Fsp3) is 0.588. The topological polar surface area (TPSA) is 26.3 Å². The molecule has 0 N–H and O–H groups in total. The van der Waals surface area contributed by atoms with Crippen LogP contribution >= 0.6 is 11.6 Å². The number of benzene rings is 1. The lowest BCUT2D eigenvalue weighted by Gasteiger charge is -2.39. The molecule has 1 saturated heterocycles. The summed E-state index contributed by atoms with van der Waals surface area (Å²) in [5, 5.41) is 0. The van der Waals surface area contributed by atoms with Crippen molar-refractivity contribution in [3.05, 3.63) is 35.4 Å². The summed E-state index contributed by atoms with van der Waals surface area (Å²) in [6.45, 7) is 0. The molecule has 1 heterocycles. The maximum absolute atomic E-state index is 11.9. The van der Waals surface area contributed by atoms with Gasteiger partial charge in [0.1, 0.15) is 5.60 Å². The van der Waals surface area contributed by atoms with E-state index >= 15 is 0 Å². The lowest BCUT2D eigenvalue weighted by atomic mass is 9.70. The molecule has 3 rings (SSSR count). The molecule has 1 saturated carbocycles. The summed E-state index contributed by atoms with van der Waals surface area (Å²) >= 11 is 5.84. The average Bonchev–Trinajstić information content (AvgIpc) is 2.82. The van der Waals surface area contributed by atoms with Gasteiger partial charge in [-0.15, -0.1) is 11.6 Å². The molecule has 2 fully saturated rings. The van der Waals surface area contributed by atoms with Crippen molar-refractivity contribution in [1.29, 1.82) is 0 Å². The predicted octanol–water partition coefficient (Wildman–Crippen LogP) is 4.19. The number of alkyl halides is 1. The molecule has 0 radical (unpaired) electrons. The number of fused-ring (bicyclic) bond motifs is 1. The van der Waals surface area contributed by atoms with Gasteiger partial charge in [0.05, 0.1) is 6.42 Å². The highest BCUT2D eigenvalue weighted by atomic mass is 35.5. The molecular weight excluding hydrogens is 272 g/mol. The minimum absolute atomic E-state index is 0.0240. The van der Waals surface area contributed by atoms with Gasteiger partial charge in [0.15, 0.2) is 0 Å². The summed E-state index contributed by atoms with van der Waals surface area (Å²) in [5.74, 6) is 1.01. The predicted molar refractivity (Wildman–Crippen MR) is 79.8 cm³/mol. The number of rotatable bonds is 4. The molecule has 2 aliphatic rings. The first kappa shape index (κ1) is 13.9. The van der Waals surface area contributed by atoms with Gasteiger partial charge in [-0.2, -0.15) is 0 Å². The van der Waals surface area contributed by atoms with Crippen LogP contribution in [0.25, 0.3) is 0 Å². The Bertz CT molecular complexity index is 500. The third-order valence-electron chi connectivity index (χ3n) is 4.77. The van der Waals surface area contributed by atoms with E-state index in [0.717, 1.165) is 32.1 Å². The Morgan fingerprint density at radius 3 is 3.00 bits per heavy atom. The maximum atomic E-state index is 11.9. The van der Waals surface area contributed by atoms with Crippen molar-refractivity contribution < 1.29 is 9.53 Å². The zero-order valence-electron chi connectivity index (χ0n) is 11.7. The quantitative estimate of drug-likeness (QED) is 0.614. The van der Waals surface area contributed by atoms with Crippen LogP contribution in [0.5, 0.6) is 0 Å². The molecular formula is C17H21ClO2. The Labute approximate surface area is 125 Å². The van der Waals surface area contributed by atoms with Gasteiger partial charge in [-0.1, -0.05) is 30.7 Å². The smallest absolute Gasteiger partial charge is 0.307 e. The molecule has 1 aromatic carbocycles. The lowest BCUT2D eigenvalue weighted by molar-refractivity contribution is -0.152.